The Balaban J connectivity index is 2.54. The van der Waals surface area contributed by atoms with Crippen molar-refractivity contribution in [3.63, 3.8) is 0 Å². The average molecular weight is 437 g/mol. The lowest BCUT2D eigenvalue weighted by Gasteiger charge is -2.35. The molecule has 0 aliphatic rings. The van der Waals surface area contributed by atoms with Gasteiger partial charge in [0.05, 0.1) is 6.61 Å². The number of amides is 1. The van der Waals surface area contributed by atoms with Crippen LogP contribution in [0.4, 0.5) is 27.6 Å². The normalized spacial score (nSPS) is 13.3. The number of carbonyl (C=O) groups excluding carboxylic acids is 2. The lowest BCUT2D eigenvalue weighted by molar-refractivity contribution is -0.204. The molecule has 29 heavy (non-hydrogen) atoms. The fraction of sp³-hybridized carbons (Fsp3) is 0.222. The van der Waals surface area contributed by atoms with Crippen LogP contribution in [0, 0.1) is 11.6 Å². The zero-order valence-corrected chi connectivity index (χ0v) is 15.5. The number of rotatable bonds is 6. The third-order valence-electron chi connectivity index (χ3n) is 3.65. The Bertz CT molecular complexity index is 923. The van der Waals surface area contributed by atoms with Crippen molar-refractivity contribution in [2.45, 2.75) is 18.8 Å². The van der Waals surface area contributed by atoms with Crippen LogP contribution in [0.25, 0.3) is 0 Å². The summed E-state index contributed by atoms with van der Waals surface area (Å²) in [6.45, 7) is 0.818. The maximum Gasteiger partial charge on any atom is 0.441 e. The average Bonchev–Trinajstić information content (AvgIpc) is 2.63. The van der Waals surface area contributed by atoms with Crippen LogP contribution in [0.2, 0.25) is 5.02 Å². The Labute approximate surface area is 166 Å². The molecule has 5 nitrogen and oxygen atoms in total. The molecular formula is C18H14ClF5N2O3. The quantitative estimate of drug-likeness (QED) is 0.403. The lowest BCUT2D eigenvalue weighted by atomic mass is 10.1. The second-order valence-electron chi connectivity index (χ2n) is 5.69. The molecule has 11 heteroatoms. The van der Waals surface area contributed by atoms with Gasteiger partial charge < -0.3 is 15.4 Å². The third-order valence-corrected chi connectivity index (χ3v) is 3.88. The van der Waals surface area contributed by atoms with Crippen molar-refractivity contribution in [2.75, 3.05) is 11.9 Å². The SMILES string of the molecule is CCOC(=O)[C@](NC(=O)c1cccc(Cl)c1)(Nc1ccc(F)c(F)c1)C(F)(F)F. The van der Waals surface area contributed by atoms with E-state index in [1.54, 1.807) is 10.6 Å². The number of alkyl halides is 3. The largest absolute Gasteiger partial charge is 0.463 e. The standard InChI is InChI=1S/C18H14ClF5N2O3/c1-2-29-16(28)17(18(22,23)24,25-12-6-7-13(20)14(21)9-12)26-15(27)10-4-3-5-11(19)8-10/h3-9,25H,2H2,1H3,(H,26,27)/t17-/m1/s1. The summed E-state index contributed by atoms with van der Waals surface area (Å²) in [5, 5.41) is 3.36. The van der Waals surface area contributed by atoms with Crippen LogP contribution in [0.15, 0.2) is 42.5 Å². The van der Waals surface area contributed by atoms with Gasteiger partial charge in [-0.2, -0.15) is 13.2 Å². The summed E-state index contributed by atoms with van der Waals surface area (Å²) in [5.74, 6) is -5.98. The number of halogens is 6. The minimum Gasteiger partial charge on any atom is -0.463 e. The van der Waals surface area contributed by atoms with Crippen molar-refractivity contribution in [3.8, 4) is 0 Å². The number of benzene rings is 2. The molecule has 0 aliphatic carbocycles. The topological polar surface area (TPSA) is 67.4 Å². The Morgan fingerprint density at radius 1 is 1.07 bits per heavy atom. The highest BCUT2D eigenvalue weighted by molar-refractivity contribution is 6.31. The molecule has 0 unspecified atom stereocenters. The van der Waals surface area contributed by atoms with Crippen molar-refractivity contribution in [1.82, 2.24) is 5.32 Å². The molecule has 0 aromatic heterocycles. The van der Waals surface area contributed by atoms with E-state index in [0.29, 0.717) is 12.1 Å². The van der Waals surface area contributed by atoms with Crippen molar-refractivity contribution in [3.05, 3.63) is 64.7 Å². The molecule has 0 saturated heterocycles. The smallest absolute Gasteiger partial charge is 0.441 e. The first-order valence-corrected chi connectivity index (χ1v) is 8.43. The number of esters is 1. The molecule has 0 heterocycles. The van der Waals surface area contributed by atoms with Crippen molar-refractivity contribution in [2.24, 2.45) is 0 Å². The van der Waals surface area contributed by atoms with Gasteiger partial charge in [-0.05, 0) is 37.3 Å². The molecule has 2 aromatic rings. The minimum atomic E-state index is -5.43. The first kappa shape index (κ1) is 22.4. The van der Waals surface area contributed by atoms with E-state index in [1.807, 2.05) is 0 Å². The van der Waals surface area contributed by atoms with Gasteiger partial charge in [0, 0.05) is 22.3 Å². The molecule has 0 bridgehead atoms. The Kier molecular flexibility index (Phi) is 6.68. The second-order valence-corrected chi connectivity index (χ2v) is 6.12. The number of anilines is 1. The molecule has 0 radical (unpaired) electrons. The lowest BCUT2D eigenvalue weighted by Crippen LogP contribution is -2.69. The highest BCUT2D eigenvalue weighted by Crippen LogP contribution is 2.34. The Morgan fingerprint density at radius 3 is 2.31 bits per heavy atom. The van der Waals surface area contributed by atoms with Crippen molar-refractivity contribution < 1.29 is 36.3 Å². The van der Waals surface area contributed by atoms with Gasteiger partial charge in [0.25, 0.3) is 5.91 Å². The predicted octanol–water partition coefficient (Wildman–Crippen LogP) is 4.28. The molecule has 156 valence electrons. The first-order chi connectivity index (χ1) is 13.5. The second kappa shape index (κ2) is 8.64. The van der Waals surface area contributed by atoms with Crippen LogP contribution in [-0.4, -0.2) is 30.3 Å². The van der Waals surface area contributed by atoms with Gasteiger partial charge in [-0.25, -0.2) is 13.6 Å². The van der Waals surface area contributed by atoms with E-state index in [0.717, 1.165) is 12.1 Å². The number of ether oxygens (including phenoxy) is 1. The van der Waals surface area contributed by atoms with Crippen LogP contribution < -0.4 is 10.6 Å². The van der Waals surface area contributed by atoms with Gasteiger partial charge in [0.1, 0.15) is 0 Å². The number of carbonyl (C=O) groups is 2. The van der Waals surface area contributed by atoms with Gasteiger partial charge in [-0.1, -0.05) is 17.7 Å². The summed E-state index contributed by atoms with van der Waals surface area (Å²) in [7, 11) is 0. The van der Waals surface area contributed by atoms with E-state index in [2.05, 4.69) is 4.74 Å². The third kappa shape index (κ3) is 4.94. The molecule has 0 saturated carbocycles. The van der Waals surface area contributed by atoms with E-state index in [1.165, 1.54) is 25.1 Å². The highest BCUT2D eigenvalue weighted by atomic mass is 35.5. The van der Waals surface area contributed by atoms with E-state index >= 15 is 0 Å². The van der Waals surface area contributed by atoms with Gasteiger partial charge in [0.2, 0.25) is 0 Å². The summed E-state index contributed by atoms with van der Waals surface area (Å²) in [6, 6.07) is 6.69. The van der Waals surface area contributed by atoms with Crippen LogP contribution in [-0.2, 0) is 9.53 Å². The van der Waals surface area contributed by atoms with Crippen molar-refractivity contribution in [1.29, 1.82) is 0 Å². The van der Waals surface area contributed by atoms with Gasteiger partial charge in [-0.15, -0.1) is 0 Å². The molecule has 1 amide bonds. The zero-order chi connectivity index (χ0) is 21.8. The molecule has 0 aliphatic heterocycles. The molecule has 0 spiro atoms. The van der Waals surface area contributed by atoms with Crippen LogP contribution in [0.1, 0.15) is 17.3 Å². The van der Waals surface area contributed by atoms with Crippen LogP contribution in [0.3, 0.4) is 0 Å². The summed E-state index contributed by atoms with van der Waals surface area (Å²) >= 11 is 5.74. The first-order valence-electron chi connectivity index (χ1n) is 8.05. The Hall–Kier alpha value is -2.88. The van der Waals surface area contributed by atoms with Gasteiger partial charge in [-0.3, -0.25) is 4.79 Å². The molecular weight excluding hydrogens is 423 g/mol. The van der Waals surface area contributed by atoms with E-state index in [-0.39, 0.29) is 10.6 Å². The molecule has 0 fully saturated rings. The number of nitrogens with one attached hydrogen (secondary N) is 2. The summed E-state index contributed by atoms with van der Waals surface area (Å²) in [4.78, 5) is 24.7. The van der Waals surface area contributed by atoms with E-state index in [9.17, 15) is 31.5 Å². The monoisotopic (exact) mass is 436 g/mol. The van der Waals surface area contributed by atoms with Crippen molar-refractivity contribution >= 4 is 29.2 Å². The maximum absolute atomic E-state index is 14.0. The van der Waals surface area contributed by atoms with Crippen LogP contribution >= 0.6 is 11.6 Å². The van der Waals surface area contributed by atoms with E-state index in [4.69, 9.17) is 11.6 Å². The zero-order valence-electron chi connectivity index (χ0n) is 14.7. The fourth-order valence-corrected chi connectivity index (χ4v) is 2.48. The summed E-state index contributed by atoms with van der Waals surface area (Å²) < 4.78 is 73.1. The molecule has 2 N–H and O–H groups in total. The fourth-order valence-electron chi connectivity index (χ4n) is 2.29. The summed E-state index contributed by atoms with van der Waals surface area (Å²) in [5.41, 5.74) is -4.68. The van der Waals surface area contributed by atoms with E-state index < -0.39 is 47.6 Å². The van der Waals surface area contributed by atoms with Gasteiger partial charge >= 0.3 is 17.8 Å². The van der Waals surface area contributed by atoms with Gasteiger partial charge in [0.15, 0.2) is 11.6 Å². The summed E-state index contributed by atoms with van der Waals surface area (Å²) in [6.07, 6.45) is -5.43. The number of hydrogen-bond donors (Lipinski definition) is 2. The Morgan fingerprint density at radius 2 is 1.76 bits per heavy atom. The highest BCUT2D eigenvalue weighted by Gasteiger charge is 2.63. The molecule has 2 rings (SSSR count). The molecule has 1 atom stereocenters. The molecule has 2 aromatic carbocycles. The minimum absolute atomic E-state index is 0.0694. The maximum atomic E-state index is 14.0. The number of hydrogen-bond acceptors (Lipinski definition) is 4. The van der Waals surface area contributed by atoms with Crippen LogP contribution in [0.5, 0.6) is 0 Å². The predicted molar refractivity (Wildman–Crippen MR) is 94.3 cm³/mol.